The molecule has 21 heavy (non-hydrogen) atoms. The molecule has 1 N–H and O–H groups in total. The summed E-state index contributed by atoms with van der Waals surface area (Å²) in [5, 5.41) is 10.8. The maximum absolute atomic E-state index is 11.8. The Balaban J connectivity index is 2.11. The van der Waals surface area contributed by atoms with E-state index in [1.807, 2.05) is 0 Å². The molecule has 1 unspecified atom stereocenters. The lowest BCUT2D eigenvalue weighted by atomic mass is 9.90. The van der Waals surface area contributed by atoms with Crippen LogP contribution in [0.25, 0.3) is 0 Å². The summed E-state index contributed by atoms with van der Waals surface area (Å²) in [6.45, 7) is 11.2. The van der Waals surface area contributed by atoms with Crippen molar-refractivity contribution in [2.75, 3.05) is 6.54 Å². The molecular weight excluding hydrogens is 266 g/mol. The van der Waals surface area contributed by atoms with E-state index in [2.05, 4.69) is 43.2 Å². The van der Waals surface area contributed by atoms with Crippen molar-refractivity contribution in [3.05, 3.63) is 11.8 Å². The maximum Gasteiger partial charge on any atom is 0.220 e. The summed E-state index contributed by atoms with van der Waals surface area (Å²) in [5.41, 5.74) is 0.301. The molecular formula is C16H29N3O2. The Kier molecular flexibility index (Phi) is 6.85. The summed E-state index contributed by atoms with van der Waals surface area (Å²) < 4.78 is 5.33. The number of nitrogens with one attached hydrogen (secondary N) is 1. The van der Waals surface area contributed by atoms with E-state index in [0.717, 1.165) is 25.7 Å². The number of nitrogens with zero attached hydrogens (tertiary/aromatic N) is 2. The van der Waals surface area contributed by atoms with Gasteiger partial charge in [0.05, 0.1) is 0 Å². The quantitative estimate of drug-likeness (QED) is 0.799. The first-order valence-corrected chi connectivity index (χ1v) is 7.82. The number of hydrogen-bond acceptors (Lipinski definition) is 4. The molecule has 1 amide bonds. The molecule has 5 heteroatoms. The minimum atomic E-state index is 0.153. The van der Waals surface area contributed by atoms with Crippen LogP contribution >= 0.6 is 0 Å². The lowest BCUT2D eigenvalue weighted by Gasteiger charge is -2.17. The zero-order chi connectivity index (χ0) is 15.9. The molecule has 0 aliphatic heterocycles. The number of aryl methyl sites for hydroxylation is 2. The predicted molar refractivity (Wildman–Crippen MR) is 82.8 cm³/mol. The third-order valence-corrected chi connectivity index (χ3v) is 3.40. The van der Waals surface area contributed by atoms with Crippen molar-refractivity contribution < 1.29 is 9.21 Å². The zero-order valence-electron chi connectivity index (χ0n) is 14.0. The third-order valence-electron chi connectivity index (χ3n) is 3.40. The predicted octanol–water partition coefficient (Wildman–Crippen LogP) is 3.28. The molecule has 0 aliphatic rings. The van der Waals surface area contributed by atoms with Crippen LogP contribution in [0.3, 0.4) is 0 Å². The molecule has 0 radical (unpaired) electrons. The van der Waals surface area contributed by atoms with Gasteiger partial charge in [-0.05, 0) is 30.6 Å². The second-order valence-corrected chi connectivity index (χ2v) is 7.08. The largest absolute Gasteiger partial charge is 0.426 e. The Bertz CT molecular complexity index is 435. The number of amides is 1. The van der Waals surface area contributed by atoms with Crippen molar-refractivity contribution in [3.8, 4) is 0 Å². The standard InChI is InChI=1S/C16H29N3O2/c1-12(8-9-15-19-18-13(2)21-15)11-17-14(20)7-6-10-16(3,4)5/h12H,6-11H2,1-5H3,(H,17,20). The van der Waals surface area contributed by atoms with Gasteiger partial charge in [0.15, 0.2) is 0 Å². The average Bonchev–Trinajstić information content (AvgIpc) is 2.78. The average molecular weight is 295 g/mol. The van der Waals surface area contributed by atoms with Crippen molar-refractivity contribution in [1.82, 2.24) is 15.5 Å². The molecule has 0 saturated carbocycles. The van der Waals surface area contributed by atoms with Crippen LogP contribution in [-0.4, -0.2) is 22.6 Å². The maximum atomic E-state index is 11.8. The topological polar surface area (TPSA) is 68.0 Å². The Morgan fingerprint density at radius 1 is 1.33 bits per heavy atom. The van der Waals surface area contributed by atoms with E-state index >= 15 is 0 Å². The monoisotopic (exact) mass is 295 g/mol. The second-order valence-electron chi connectivity index (χ2n) is 7.08. The number of rotatable bonds is 8. The van der Waals surface area contributed by atoms with Crippen molar-refractivity contribution in [1.29, 1.82) is 0 Å². The molecule has 1 rings (SSSR count). The highest BCUT2D eigenvalue weighted by molar-refractivity contribution is 5.75. The van der Waals surface area contributed by atoms with Gasteiger partial charge in [-0.15, -0.1) is 10.2 Å². The van der Waals surface area contributed by atoms with Gasteiger partial charge in [0.2, 0.25) is 17.7 Å². The first kappa shape index (κ1) is 17.7. The summed E-state index contributed by atoms with van der Waals surface area (Å²) in [6, 6.07) is 0. The van der Waals surface area contributed by atoms with Crippen molar-refractivity contribution >= 4 is 5.91 Å². The summed E-state index contributed by atoms with van der Waals surface area (Å²) in [6.07, 6.45) is 4.34. The second kappa shape index (κ2) is 8.15. The molecule has 5 nitrogen and oxygen atoms in total. The van der Waals surface area contributed by atoms with Crippen LogP contribution in [0.4, 0.5) is 0 Å². The van der Waals surface area contributed by atoms with Gasteiger partial charge >= 0.3 is 0 Å². The molecule has 0 aliphatic carbocycles. The Morgan fingerprint density at radius 2 is 2.05 bits per heavy atom. The van der Waals surface area contributed by atoms with Gasteiger partial charge in [-0.1, -0.05) is 27.7 Å². The van der Waals surface area contributed by atoms with E-state index < -0.39 is 0 Å². The van der Waals surface area contributed by atoms with Crippen LogP contribution in [0.5, 0.6) is 0 Å². The van der Waals surface area contributed by atoms with Gasteiger partial charge in [0, 0.05) is 26.3 Å². The minimum absolute atomic E-state index is 0.153. The smallest absolute Gasteiger partial charge is 0.220 e. The fourth-order valence-electron chi connectivity index (χ4n) is 2.07. The van der Waals surface area contributed by atoms with Crippen molar-refractivity contribution in [3.63, 3.8) is 0 Å². The van der Waals surface area contributed by atoms with E-state index in [4.69, 9.17) is 4.42 Å². The van der Waals surface area contributed by atoms with E-state index in [1.165, 1.54) is 0 Å². The van der Waals surface area contributed by atoms with Crippen LogP contribution in [0.1, 0.15) is 65.2 Å². The summed E-state index contributed by atoms with van der Waals surface area (Å²) in [5.74, 6) is 1.84. The van der Waals surface area contributed by atoms with Crippen molar-refractivity contribution in [2.45, 2.75) is 66.7 Å². The third kappa shape index (κ3) is 8.48. The molecule has 0 bridgehead atoms. The highest BCUT2D eigenvalue weighted by Gasteiger charge is 2.12. The van der Waals surface area contributed by atoms with Gasteiger partial charge in [-0.2, -0.15) is 0 Å². The fourth-order valence-corrected chi connectivity index (χ4v) is 2.07. The van der Waals surface area contributed by atoms with E-state index in [0.29, 0.717) is 36.1 Å². The molecule has 0 saturated heterocycles. The first-order chi connectivity index (χ1) is 9.76. The lowest BCUT2D eigenvalue weighted by Crippen LogP contribution is -2.28. The molecule has 1 atom stereocenters. The van der Waals surface area contributed by atoms with Crippen LogP contribution in [0.15, 0.2) is 4.42 Å². The van der Waals surface area contributed by atoms with Crippen LogP contribution < -0.4 is 5.32 Å². The number of aromatic nitrogens is 2. The molecule has 1 heterocycles. The highest BCUT2D eigenvalue weighted by atomic mass is 16.4. The Hall–Kier alpha value is -1.39. The zero-order valence-corrected chi connectivity index (χ0v) is 14.0. The molecule has 0 spiro atoms. The van der Waals surface area contributed by atoms with Gasteiger partial charge in [-0.3, -0.25) is 4.79 Å². The Labute approximate surface area is 127 Å². The van der Waals surface area contributed by atoms with Crippen molar-refractivity contribution in [2.24, 2.45) is 11.3 Å². The lowest BCUT2D eigenvalue weighted by molar-refractivity contribution is -0.121. The highest BCUT2D eigenvalue weighted by Crippen LogP contribution is 2.21. The molecule has 1 aromatic heterocycles. The normalized spacial score (nSPS) is 13.2. The summed E-state index contributed by atoms with van der Waals surface area (Å²) >= 11 is 0. The van der Waals surface area contributed by atoms with E-state index in [9.17, 15) is 4.79 Å². The molecule has 120 valence electrons. The minimum Gasteiger partial charge on any atom is -0.426 e. The van der Waals surface area contributed by atoms with Gasteiger partial charge in [0.1, 0.15) is 0 Å². The van der Waals surface area contributed by atoms with E-state index in [-0.39, 0.29) is 5.91 Å². The summed E-state index contributed by atoms with van der Waals surface area (Å²) in [7, 11) is 0. The number of carbonyl (C=O) groups excluding carboxylic acids is 1. The van der Waals surface area contributed by atoms with Gasteiger partial charge in [-0.25, -0.2) is 0 Å². The SMILES string of the molecule is Cc1nnc(CCC(C)CNC(=O)CCCC(C)(C)C)o1. The van der Waals surface area contributed by atoms with Crippen LogP contribution in [0, 0.1) is 18.3 Å². The molecule has 0 fully saturated rings. The number of carbonyl (C=O) groups is 1. The van der Waals surface area contributed by atoms with Crippen LogP contribution in [-0.2, 0) is 11.2 Å². The molecule has 1 aromatic rings. The Morgan fingerprint density at radius 3 is 2.62 bits per heavy atom. The fraction of sp³-hybridized carbons (Fsp3) is 0.812. The van der Waals surface area contributed by atoms with Gasteiger partial charge in [0.25, 0.3) is 0 Å². The van der Waals surface area contributed by atoms with Gasteiger partial charge < -0.3 is 9.73 Å². The molecule has 0 aromatic carbocycles. The van der Waals surface area contributed by atoms with Crippen LogP contribution in [0.2, 0.25) is 0 Å². The van der Waals surface area contributed by atoms with E-state index in [1.54, 1.807) is 6.92 Å². The number of hydrogen-bond donors (Lipinski definition) is 1. The summed E-state index contributed by atoms with van der Waals surface area (Å²) in [4.78, 5) is 11.8. The first-order valence-electron chi connectivity index (χ1n) is 7.82.